The molecule has 0 saturated carbocycles. The number of hydrogen-bond donors (Lipinski definition) is 2. The van der Waals surface area contributed by atoms with Gasteiger partial charge >= 0.3 is 6.09 Å². The van der Waals surface area contributed by atoms with Crippen molar-refractivity contribution in [2.75, 3.05) is 26.2 Å². The predicted octanol–water partition coefficient (Wildman–Crippen LogP) is 3.10. The van der Waals surface area contributed by atoms with Crippen molar-refractivity contribution in [1.82, 2.24) is 15.5 Å². The topological polar surface area (TPSA) is 70.7 Å². The summed E-state index contributed by atoms with van der Waals surface area (Å²) in [6.45, 7) is 10.2. The Labute approximate surface area is 162 Å². The highest BCUT2D eigenvalue weighted by atomic mass is 16.6. The summed E-state index contributed by atoms with van der Waals surface area (Å²) >= 11 is 0. The second-order valence-corrected chi connectivity index (χ2v) is 8.14. The van der Waals surface area contributed by atoms with Gasteiger partial charge in [0.25, 0.3) is 0 Å². The van der Waals surface area contributed by atoms with Gasteiger partial charge in [0.1, 0.15) is 5.60 Å². The number of hydrogen-bond acceptors (Lipinski definition) is 4. The van der Waals surface area contributed by atoms with Crippen molar-refractivity contribution in [3.63, 3.8) is 0 Å². The summed E-state index contributed by atoms with van der Waals surface area (Å²) in [5.41, 5.74) is 0.758. The van der Waals surface area contributed by atoms with E-state index >= 15 is 0 Å². The number of alkyl carbamates (subject to hydrolysis) is 1. The lowest BCUT2D eigenvalue weighted by Crippen LogP contribution is -2.45. The lowest BCUT2D eigenvalue weighted by Gasteiger charge is -2.36. The molecule has 150 valence electrons. The average Bonchev–Trinajstić information content (AvgIpc) is 2.64. The third kappa shape index (κ3) is 7.21. The molecule has 1 saturated heterocycles. The Balaban J connectivity index is 1.74. The molecule has 2 unspecified atom stereocenters. The highest BCUT2D eigenvalue weighted by Gasteiger charge is 2.28. The summed E-state index contributed by atoms with van der Waals surface area (Å²) < 4.78 is 5.17. The molecule has 1 heterocycles. The molecule has 6 nitrogen and oxygen atoms in total. The Kier molecular flexibility index (Phi) is 7.66. The van der Waals surface area contributed by atoms with Gasteiger partial charge in [-0.1, -0.05) is 30.3 Å². The van der Waals surface area contributed by atoms with Gasteiger partial charge in [0, 0.05) is 25.7 Å². The van der Waals surface area contributed by atoms with Crippen LogP contribution in [0.3, 0.4) is 0 Å². The standard InChI is InChI=1S/C21H33N3O3/c1-16(17-9-6-5-7-10-17)24-14-8-11-18(15-24)19(25)22-12-13-23-20(26)27-21(2,3)4/h5-7,9-10,16,18H,8,11-15H2,1-4H3,(H,22,25)(H,23,26). The van der Waals surface area contributed by atoms with Crippen molar-refractivity contribution in [2.45, 2.75) is 52.2 Å². The van der Waals surface area contributed by atoms with Gasteiger partial charge in [-0.2, -0.15) is 0 Å². The van der Waals surface area contributed by atoms with Crippen molar-refractivity contribution in [3.8, 4) is 0 Å². The molecule has 0 aromatic heterocycles. The Bertz CT molecular complexity index is 613. The van der Waals surface area contributed by atoms with E-state index in [1.54, 1.807) is 0 Å². The highest BCUT2D eigenvalue weighted by Crippen LogP contribution is 2.26. The maximum Gasteiger partial charge on any atom is 0.407 e. The van der Waals surface area contributed by atoms with Crippen molar-refractivity contribution in [1.29, 1.82) is 0 Å². The zero-order chi connectivity index (χ0) is 19.9. The molecule has 0 radical (unpaired) electrons. The van der Waals surface area contributed by atoms with Crippen molar-refractivity contribution in [2.24, 2.45) is 5.92 Å². The monoisotopic (exact) mass is 375 g/mol. The van der Waals surface area contributed by atoms with Crippen LogP contribution in [0.15, 0.2) is 30.3 Å². The first-order valence-corrected chi connectivity index (χ1v) is 9.80. The molecule has 2 N–H and O–H groups in total. The lowest BCUT2D eigenvalue weighted by molar-refractivity contribution is -0.127. The molecule has 1 aliphatic rings. The first-order valence-electron chi connectivity index (χ1n) is 9.80. The van der Waals surface area contributed by atoms with E-state index < -0.39 is 11.7 Å². The zero-order valence-corrected chi connectivity index (χ0v) is 17.0. The third-order valence-corrected chi connectivity index (χ3v) is 4.75. The van der Waals surface area contributed by atoms with Gasteiger partial charge < -0.3 is 15.4 Å². The fourth-order valence-electron chi connectivity index (χ4n) is 3.32. The van der Waals surface area contributed by atoms with Gasteiger partial charge in [-0.05, 0) is 52.6 Å². The highest BCUT2D eigenvalue weighted by molar-refractivity contribution is 5.79. The normalized spacial score (nSPS) is 19.2. The fourth-order valence-corrected chi connectivity index (χ4v) is 3.32. The van der Waals surface area contributed by atoms with Crippen LogP contribution in [0.2, 0.25) is 0 Å². The first kappa shape index (κ1) is 21.2. The Morgan fingerprint density at radius 3 is 2.52 bits per heavy atom. The number of nitrogens with zero attached hydrogens (tertiary/aromatic N) is 1. The maximum atomic E-state index is 12.5. The molecule has 2 amide bonds. The molecule has 6 heteroatoms. The number of ether oxygens (including phenoxy) is 1. The van der Waals surface area contributed by atoms with Crippen LogP contribution in [0.25, 0.3) is 0 Å². The second kappa shape index (κ2) is 9.74. The van der Waals surface area contributed by atoms with E-state index in [1.807, 2.05) is 26.8 Å². The van der Waals surface area contributed by atoms with Gasteiger partial charge in [-0.15, -0.1) is 0 Å². The molecule has 0 aliphatic carbocycles. The molecule has 1 aromatic rings. The predicted molar refractivity (Wildman–Crippen MR) is 106 cm³/mol. The molecule has 0 spiro atoms. The minimum absolute atomic E-state index is 0.00793. The van der Waals surface area contributed by atoms with Crippen LogP contribution in [0.4, 0.5) is 4.79 Å². The molecule has 27 heavy (non-hydrogen) atoms. The van der Waals surface area contributed by atoms with Gasteiger partial charge in [-0.25, -0.2) is 4.79 Å². The van der Waals surface area contributed by atoms with Crippen LogP contribution in [-0.4, -0.2) is 48.7 Å². The van der Waals surface area contributed by atoms with E-state index in [-0.39, 0.29) is 11.8 Å². The summed E-state index contributed by atoms with van der Waals surface area (Å²) in [6, 6.07) is 10.7. The van der Waals surface area contributed by atoms with Crippen LogP contribution >= 0.6 is 0 Å². The molecule has 1 aliphatic heterocycles. The van der Waals surface area contributed by atoms with Crippen LogP contribution < -0.4 is 10.6 Å². The lowest BCUT2D eigenvalue weighted by atomic mass is 9.94. The van der Waals surface area contributed by atoms with Gasteiger partial charge in [0.2, 0.25) is 5.91 Å². The molecule has 2 atom stereocenters. The Morgan fingerprint density at radius 1 is 1.19 bits per heavy atom. The molecule has 2 rings (SSSR count). The van der Waals surface area contributed by atoms with E-state index in [2.05, 4.69) is 46.7 Å². The first-order chi connectivity index (χ1) is 12.8. The zero-order valence-electron chi connectivity index (χ0n) is 17.0. The Morgan fingerprint density at radius 2 is 1.85 bits per heavy atom. The van der Waals surface area contributed by atoms with Crippen LogP contribution in [0, 0.1) is 5.92 Å². The molecule has 1 fully saturated rings. The quantitative estimate of drug-likeness (QED) is 0.750. The summed E-state index contributed by atoms with van der Waals surface area (Å²) in [5.74, 6) is 0.0531. The number of benzene rings is 1. The number of carbonyl (C=O) groups excluding carboxylic acids is 2. The Hall–Kier alpha value is -2.08. The smallest absolute Gasteiger partial charge is 0.407 e. The number of nitrogens with one attached hydrogen (secondary N) is 2. The number of carbonyl (C=O) groups is 2. The SMILES string of the molecule is CC(c1ccccc1)N1CCCC(C(=O)NCCNC(=O)OC(C)(C)C)C1. The van der Waals surface area contributed by atoms with E-state index in [1.165, 1.54) is 5.56 Å². The summed E-state index contributed by atoms with van der Waals surface area (Å²) in [7, 11) is 0. The molecular formula is C21H33N3O3. The fraction of sp³-hybridized carbons (Fsp3) is 0.619. The van der Waals surface area contributed by atoms with Gasteiger partial charge in [-0.3, -0.25) is 9.69 Å². The van der Waals surface area contributed by atoms with E-state index in [9.17, 15) is 9.59 Å². The molecule has 0 bridgehead atoms. The largest absolute Gasteiger partial charge is 0.444 e. The molecular weight excluding hydrogens is 342 g/mol. The number of likely N-dealkylation sites (tertiary alicyclic amines) is 1. The maximum absolute atomic E-state index is 12.5. The summed E-state index contributed by atoms with van der Waals surface area (Å²) in [5, 5.41) is 5.59. The summed E-state index contributed by atoms with van der Waals surface area (Å²) in [4.78, 5) is 26.5. The van der Waals surface area contributed by atoms with Crippen molar-refractivity contribution < 1.29 is 14.3 Å². The number of rotatable bonds is 6. The second-order valence-electron chi connectivity index (χ2n) is 8.14. The van der Waals surface area contributed by atoms with Crippen LogP contribution in [-0.2, 0) is 9.53 Å². The minimum Gasteiger partial charge on any atom is -0.444 e. The average molecular weight is 376 g/mol. The van der Waals surface area contributed by atoms with E-state index in [4.69, 9.17) is 4.74 Å². The number of piperidine rings is 1. The van der Waals surface area contributed by atoms with Crippen LogP contribution in [0.1, 0.15) is 52.1 Å². The van der Waals surface area contributed by atoms with Crippen molar-refractivity contribution >= 4 is 12.0 Å². The molecule has 1 aromatic carbocycles. The van der Waals surface area contributed by atoms with Crippen LogP contribution in [0.5, 0.6) is 0 Å². The van der Waals surface area contributed by atoms with E-state index in [0.29, 0.717) is 19.1 Å². The van der Waals surface area contributed by atoms with Gasteiger partial charge in [0.05, 0.1) is 5.92 Å². The number of amides is 2. The van der Waals surface area contributed by atoms with E-state index in [0.717, 1.165) is 25.9 Å². The minimum atomic E-state index is -0.520. The van der Waals surface area contributed by atoms with Crippen molar-refractivity contribution in [3.05, 3.63) is 35.9 Å². The summed E-state index contributed by atoms with van der Waals surface area (Å²) in [6.07, 6.45) is 1.46. The third-order valence-electron chi connectivity index (χ3n) is 4.75. The van der Waals surface area contributed by atoms with Gasteiger partial charge in [0.15, 0.2) is 0 Å².